The highest BCUT2D eigenvalue weighted by atomic mass is 15.0. The van der Waals surface area contributed by atoms with Crippen LogP contribution in [0.4, 0.5) is 0 Å². The van der Waals surface area contributed by atoms with Crippen molar-refractivity contribution in [2.75, 3.05) is 0 Å². The Morgan fingerprint density at radius 3 is 0.973 bits per heavy atom. The van der Waals surface area contributed by atoms with Crippen LogP contribution in [-0.2, 0) is 0 Å². The van der Waals surface area contributed by atoms with Crippen molar-refractivity contribution in [3.8, 4) is 102 Å². The summed E-state index contributed by atoms with van der Waals surface area (Å²) in [6, 6.07) is 78.3. The Morgan fingerprint density at radius 1 is 0.329 bits per heavy atom. The lowest BCUT2D eigenvalue weighted by molar-refractivity contribution is 1.12. The molecule has 9 aromatic carbocycles. The van der Waals surface area contributed by atoms with Gasteiger partial charge in [-0.1, -0.05) is 192 Å². The molecule has 6 heteroatoms. The van der Waals surface area contributed by atoms with Crippen LogP contribution in [0.2, 0.25) is 0 Å². The van der Waals surface area contributed by atoms with Crippen LogP contribution in [0.5, 0.6) is 0 Å². The van der Waals surface area contributed by atoms with Crippen LogP contribution in [0.25, 0.3) is 118 Å². The molecule has 0 aliphatic heterocycles. The third-order valence-corrected chi connectivity index (χ3v) is 13.6. The van der Waals surface area contributed by atoms with Gasteiger partial charge >= 0.3 is 0 Å². The average molecular weight is 937 g/mol. The molecule has 0 bridgehead atoms. The predicted octanol–water partition coefficient (Wildman–Crippen LogP) is 16.8. The first-order chi connectivity index (χ1) is 35.7. The number of benzene rings is 9. The van der Waals surface area contributed by atoms with Gasteiger partial charge in [-0.3, -0.25) is 0 Å². The largest absolute Gasteiger partial charge is 0.308 e. The van der Waals surface area contributed by atoms with Gasteiger partial charge < -0.3 is 4.57 Å². The quantitative estimate of drug-likeness (QED) is 0.144. The Kier molecular flexibility index (Phi) is 11.4. The van der Waals surface area contributed by atoms with Crippen LogP contribution in [0, 0.1) is 39.0 Å². The third-order valence-electron chi connectivity index (χ3n) is 13.6. The summed E-state index contributed by atoms with van der Waals surface area (Å²) in [4.78, 5) is 21.7. The van der Waals surface area contributed by atoms with Crippen molar-refractivity contribution < 1.29 is 0 Å². The molecule has 3 heterocycles. The van der Waals surface area contributed by atoms with Crippen molar-refractivity contribution in [3.05, 3.63) is 246 Å². The number of fused-ring (bicyclic) bond motifs is 3. The van der Waals surface area contributed by atoms with E-state index in [0.29, 0.717) is 28.3 Å². The van der Waals surface area contributed by atoms with E-state index in [1.54, 1.807) is 0 Å². The zero-order chi connectivity index (χ0) is 49.6. The lowest BCUT2D eigenvalue weighted by atomic mass is 9.97. The molecule has 0 spiro atoms. The van der Waals surface area contributed by atoms with Gasteiger partial charge in [-0.25, -0.2) is 19.9 Å². The van der Waals surface area contributed by atoms with E-state index in [0.717, 1.165) is 94.8 Å². The molecule has 0 atom stereocenters. The van der Waals surface area contributed by atoms with Crippen molar-refractivity contribution in [2.45, 2.75) is 27.7 Å². The highest BCUT2D eigenvalue weighted by Gasteiger charge is 2.26. The fourth-order valence-corrected chi connectivity index (χ4v) is 10.3. The van der Waals surface area contributed by atoms with Gasteiger partial charge in [0.05, 0.1) is 51.1 Å². The monoisotopic (exact) mass is 936 g/mol. The number of aromatic nitrogens is 5. The number of nitriles is 1. The van der Waals surface area contributed by atoms with E-state index in [1.807, 2.05) is 97.1 Å². The van der Waals surface area contributed by atoms with Crippen molar-refractivity contribution in [3.63, 3.8) is 0 Å². The molecule has 0 fully saturated rings. The van der Waals surface area contributed by atoms with Gasteiger partial charge in [0.15, 0.2) is 11.6 Å². The molecule has 73 heavy (non-hydrogen) atoms. The van der Waals surface area contributed by atoms with E-state index in [2.05, 4.69) is 160 Å². The summed E-state index contributed by atoms with van der Waals surface area (Å²) >= 11 is 0. The van der Waals surface area contributed by atoms with Gasteiger partial charge in [-0.05, 0) is 98.5 Å². The van der Waals surface area contributed by atoms with Crippen LogP contribution in [0.3, 0.4) is 0 Å². The topological polar surface area (TPSA) is 80.3 Å². The molecule has 0 saturated heterocycles. The second-order valence-electron chi connectivity index (χ2n) is 19.0. The highest BCUT2D eigenvalue weighted by molar-refractivity contribution is 6.13. The fraction of sp³-hybridized carbons (Fsp3) is 0.0597. The van der Waals surface area contributed by atoms with Crippen molar-refractivity contribution >= 4 is 21.8 Å². The molecule has 0 unspecified atom stereocenters. The minimum absolute atomic E-state index is 0.425. The minimum atomic E-state index is 0.425. The zero-order valence-corrected chi connectivity index (χ0v) is 41.0. The van der Waals surface area contributed by atoms with Crippen molar-refractivity contribution in [1.29, 1.82) is 5.26 Å². The summed E-state index contributed by atoms with van der Waals surface area (Å²) < 4.78 is 2.33. The lowest BCUT2D eigenvalue weighted by Crippen LogP contribution is -2.06. The molecule has 12 rings (SSSR count). The lowest BCUT2D eigenvalue weighted by Gasteiger charge is -2.20. The molecule has 0 aliphatic rings. The number of hydrogen-bond donors (Lipinski definition) is 0. The number of nitrogens with zero attached hydrogens (tertiary/aromatic N) is 6. The average Bonchev–Trinajstić information content (AvgIpc) is 3.75. The summed E-state index contributed by atoms with van der Waals surface area (Å²) in [5.74, 6) is 0.925. The summed E-state index contributed by atoms with van der Waals surface area (Å²) in [6.07, 6.45) is 0. The first kappa shape index (κ1) is 44.6. The zero-order valence-electron chi connectivity index (χ0n) is 41.0. The van der Waals surface area contributed by atoms with Gasteiger partial charge in [0.2, 0.25) is 0 Å². The normalized spacial score (nSPS) is 11.3. The standard InChI is InChI=1S/C67H48N6/c1-42-29-43(2)32-53(31-42)51-25-27-63-55(37-51)56-38-52(54-33-44(3)30-45(4)34-54)26-28-64(56)73(63)65-57(66-69-59(47-17-9-5-10-18-47)39-60(70-66)48-19-11-6-12-20-48)35-46(41-68)36-58(65)67-71-61(49-21-13-7-14-22-49)40-62(72-67)50-23-15-8-16-24-50/h5-40H,1-4H3. The van der Waals surface area contributed by atoms with E-state index in [9.17, 15) is 5.26 Å². The number of hydrogen-bond acceptors (Lipinski definition) is 5. The third kappa shape index (κ3) is 8.64. The predicted molar refractivity (Wildman–Crippen MR) is 299 cm³/mol. The van der Waals surface area contributed by atoms with Crippen LogP contribution in [0.15, 0.2) is 218 Å². The van der Waals surface area contributed by atoms with Gasteiger partial charge in [0.25, 0.3) is 0 Å². The maximum atomic E-state index is 11.1. The molecule has 12 aromatic rings. The van der Waals surface area contributed by atoms with E-state index < -0.39 is 0 Å². The summed E-state index contributed by atoms with van der Waals surface area (Å²) in [5.41, 5.74) is 20.6. The second kappa shape index (κ2) is 18.6. The van der Waals surface area contributed by atoms with E-state index in [4.69, 9.17) is 19.9 Å². The smallest absolute Gasteiger partial charge is 0.162 e. The molecular weight excluding hydrogens is 889 g/mol. The van der Waals surface area contributed by atoms with E-state index >= 15 is 0 Å². The Balaban J connectivity index is 1.24. The van der Waals surface area contributed by atoms with Gasteiger partial charge in [0.1, 0.15) is 0 Å². The van der Waals surface area contributed by atoms with E-state index in [-0.39, 0.29) is 0 Å². The first-order valence-electron chi connectivity index (χ1n) is 24.6. The molecule has 6 nitrogen and oxygen atoms in total. The molecule has 0 N–H and O–H groups in total. The minimum Gasteiger partial charge on any atom is -0.308 e. The summed E-state index contributed by atoms with van der Waals surface area (Å²) in [5, 5.41) is 13.2. The number of rotatable bonds is 9. The Labute approximate surface area is 425 Å². The van der Waals surface area contributed by atoms with Crippen LogP contribution < -0.4 is 0 Å². The summed E-state index contributed by atoms with van der Waals surface area (Å²) in [6.45, 7) is 8.62. The van der Waals surface area contributed by atoms with Gasteiger partial charge in [0, 0.05) is 44.2 Å². The fourth-order valence-electron chi connectivity index (χ4n) is 10.3. The Hall–Kier alpha value is -9.57. The molecular formula is C67H48N6. The van der Waals surface area contributed by atoms with E-state index in [1.165, 1.54) is 22.3 Å². The Bertz CT molecular complexity index is 3700. The van der Waals surface area contributed by atoms with Crippen LogP contribution >= 0.6 is 0 Å². The molecule has 0 radical (unpaired) electrons. The second-order valence-corrected chi connectivity index (χ2v) is 19.0. The highest BCUT2D eigenvalue weighted by Crippen LogP contribution is 2.44. The van der Waals surface area contributed by atoms with Crippen LogP contribution in [0.1, 0.15) is 27.8 Å². The maximum Gasteiger partial charge on any atom is 0.162 e. The SMILES string of the molecule is Cc1cc(C)cc(-c2ccc3c(c2)c2cc(-c4cc(C)cc(C)c4)ccc2n3-c2c(-c3nc(-c4ccccc4)cc(-c4ccccc4)n3)cc(C#N)cc2-c2nc(-c3ccccc3)cc(-c3ccccc3)n2)c1. The van der Waals surface area contributed by atoms with Gasteiger partial charge in [-0.2, -0.15) is 5.26 Å². The molecule has 3 aromatic heterocycles. The number of aryl methyl sites for hydroxylation is 4. The van der Waals surface area contributed by atoms with Crippen molar-refractivity contribution in [1.82, 2.24) is 24.5 Å². The van der Waals surface area contributed by atoms with Crippen LogP contribution in [-0.4, -0.2) is 24.5 Å². The molecule has 0 amide bonds. The Morgan fingerprint density at radius 2 is 0.658 bits per heavy atom. The summed E-state index contributed by atoms with van der Waals surface area (Å²) in [7, 11) is 0. The first-order valence-corrected chi connectivity index (χ1v) is 24.6. The van der Waals surface area contributed by atoms with Gasteiger partial charge in [-0.15, -0.1) is 0 Å². The maximum absolute atomic E-state index is 11.1. The molecule has 0 saturated carbocycles. The molecule has 346 valence electrons. The van der Waals surface area contributed by atoms with Crippen molar-refractivity contribution in [2.24, 2.45) is 0 Å². The molecule has 0 aliphatic carbocycles.